The van der Waals surface area contributed by atoms with Crippen molar-refractivity contribution in [2.45, 2.75) is 39.5 Å². The van der Waals surface area contributed by atoms with E-state index in [-0.39, 0.29) is 0 Å². The van der Waals surface area contributed by atoms with Gasteiger partial charge in [-0.2, -0.15) is 0 Å². The Labute approximate surface area is 80.3 Å². The van der Waals surface area contributed by atoms with Crippen molar-refractivity contribution in [3.8, 4) is 0 Å². The number of rotatable bonds is 1. The highest BCUT2D eigenvalue weighted by atomic mass is 16.2. The van der Waals surface area contributed by atoms with Gasteiger partial charge in [0.15, 0.2) is 0 Å². The van der Waals surface area contributed by atoms with E-state index in [1.165, 1.54) is 12.8 Å². The highest BCUT2D eigenvalue weighted by Gasteiger charge is 2.35. The molecule has 1 heterocycles. The van der Waals surface area contributed by atoms with Gasteiger partial charge in [0.2, 0.25) is 5.91 Å². The van der Waals surface area contributed by atoms with Crippen LogP contribution in [0, 0.1) is 11.3 Å². The summed E-state index contributed by atoms with van der Waals surface area (Å²) in [6, 6.07) is 0. The number of carbonyl (C=O) groups is 1. The van der Waals surface area contributed by atoms with Crippen LogP contribution in [0.1, 0.15) is 39.5 Å². The molecule has 2 nitrogen and oxygen atoms in total. The molecule has 2 rings (SSSR count). The van der Waals surface area contributed by atoms with Gasteiger partial charge in [-0.15, -0.1) is 0 Å². The van der Waals surface area contributed by atoms with Crippen LogP contribution in [0.2, 0.25) is 0 Å². The summed E-state index contributed by atoms with van der Waals surface area (Å²) in [7, 11) is 0. The molecule has 2 heteroatoms. The molecule has 74 valence electrons. The lowest BCUT2D eigenvalue weighted by atomic mass is 9.73. The van der Waals surface area contributed by atoms with E-state index in [0.717, 1.165) is 25.9 Å². The van der Waals surface area contributed by atoms with Gasteiger partial charge < -0.3 is 4.90 Å². The van der Waals surface area contributed by atoms with Gasteiger partial charge in [-0.3, -0.25) is 4.79 Å². The van der Waals surface area contributed by atoms with Crippen LogP contribution in [0.3, 0.4) is 0 Å². The molecule has 0 bridgehead atoms. The topological polar surface area (TPSA) is 20.1 Å². The van der Waals surface area contributed by atoms with E-state index in [4.69, 9.17) is 0 Å². The Morgan fingerprint density at radius 2 is 1.77 bits per heavy atom. The fraction of sp³-hybridized carbons (Fsp3) is 0.909. The molecule has 2 fully saturated rings. The number of amides is 1. The summed E-state index contributed by atoms with van der Waals surface area (Å²) in [5.41, 5.74) is 0.482. The third-order valence-corrected chi connectivity index (χ3v) is 3.45. The minimum absolute atomic E-state index is 0.357. The average Bonchev–Trinajstić information content (AvgIpc) is 2.85. The number of nitrogens with zero attached hydrogens (tertiary/aromatic N) is 1. The molecule has 1 aliphatic heterocycles. The van der Waals surface area contributed by atoms with Crippen molar-refractivity contribution in [2.75, 3.05) is 13.1 Å². The molecule has 0 aromatic rings. The second kappa shape index (κ2) is 3.00. The fourth-order valence-corrected chi connectivity index (χ4v) is 2.17. The van der Waals surface area contributed by atoms with E-state index >= 15 is 0 Å². The van der Waals surface area contributed by atoms with Crippen LogP contribution < -0.4 is 0 Å². The molecule has 2 aliphatic rings. The zero-order valence-corrected chi connectivity index (χ0v) is 8.68. The maximum atomic E-state index is 11.7. The summed E-state index contributed by atoms with van der Waals surface area (Å²) >= 11 is 0. The third kappa shape index (κ3) is 2.04. The fourth-order valence-electron chi connectivity index (χ4n) is 2.17. The quantitative estimate of drug-likeness (QED) is 0.567. The maximum Gasteiger partial charge on any atom is 0.225 e. The molecule has 0 spiro atoms. The molecule has 13 heavy (non-hydrogen) atoms. The van der Waals surface area contributed by atoms with Gasteiger partial charge in [-0.25, -0.2) is 0 Å². The molecule has 1 saturated heterocycles. The van der Waals surface area contributed by atoms with E-state index in [0.29, 0.717) is 17.2 Å². The van der Waals surface area contributed by atoms with Gasteiger partial charge in [0.1, 0.15) is 0 Å². The first-order valence-electron chi connectivity index (χ1n) is 5.37. The molecule has 1 amide bonds. The molecule has 1 aliphatic carbocycles. The predicted octanol–water partition coefficient (Wildman–Crippen LogP) is 2.04. The largest absolute Gasteiger partial charge is 0.339 e. The van der Waals surface area contributed by atoms with Crippen molar-refractivity contribution in [1.29, 1.82) is 0 Å². The third-order valence-electron chi connectivity index (χ3n) is 3.45. The first kappa shape index (κ1) is 9.04. The minimum atomic E-state index is 0.357. The van der Waals surface area contributed by atoms with Crippen LogP contribution in [0.5, 0.6) is 0 Å². The molecular formula is C11H19NO. The lowest BCUT2D eigenvalue weighted by Crippen LogP contribution is -2.29. The summed E-state index contributed by atoms with van der Waals surface area (Å²) in [6.07, 6.45) is 4.67. The molecule has 0 N–H and O–H groups in total. The van der Waals surface area contributed by atoms with Gasteiger partial charge in [0, 0.05) is 19.0 Å². The first-order valence-corrected chi connectivity index (χ1v) is 5.37. The number of hydrogen-bond acceptors (Lipinski definition) is 1. The van der Waals surface area contributed by atoms with Crippen LogP contribution in [0.25, 0.3) is 0 Å². The van der Waals surface area contributed by atoms with E-state index in [9.17, 15) is 4.79 Å². The predicted molar refractivity (Wildman–Crippen MR) is 52.3 cm³/mol. The van der Waals surface area contributed by atoms with Crippen molar-refractivity contribution in [1.82, 2.24) is 4.90 Å². The van der Waals surface area contributed by atoms with Crippen molar-refractivity contribution in [2.24, 2.45) is 11.3 Å². The highest BCUT2D eigenvalue weighted by Crippen LogP contribution is 2.39. The van der Waals surface area contributed by atoms with Gasteiger partial charge in [0.05, 0.1) is 0 Å². The van der Waals surface area contributed by atoms with Gasteiger partial charge in [-0.1, -0.05) is 13.8 Å². The second-order valence-corrected chi connectivity index (χ2v) is 5.26. The second-order valence-electron chi connectivity index (χ2n) is 5.26. The first-order chi connectivity index (χ1) is 6.08. The van der Waals surface area contributed by atoms with Crippen molar-refractivity contribution in [3.63, 3.8) is 0 Å². The summed E-state index contributed by atoms with van der Waals surface area (Å²) in [5, 5.41) is 0. The number of hydrogen-bond donors (Lipinski definition) is 0. The molecule has 0 radical (unpaired) electrons. The van der Waals surface area contributed by atoms with E-state index in [2.05, 4.69) is 13.8 Å². The van der Waals surface area contributed by atoms with E-state index < -0.39 is 0 Å². The Morgan fingerprint density at radius 3 is 2.23 bits per heavy atom. The monoisotopic (exact) mass is 181 g/mol. The Bertz CT molecular complexity index is 208. The van der Waals surface area contributed by atoms with Crippen molar-refractivity contribution >= 4 is 5.91 Å². The molecule has 0 atom stereocenters. The zero-order valence-electron chi connectivity index (χ0n) is 8.68. The maximum absolute atomic E-state index is 11.7. The average molecular weight is 181 g/mol. The number of carbonyl (C=O) groups excluding carboxylic acids is 1. The molecule has 0 aromatic heterocycles. The standard InChI is InChI=1S/C11H19NO/c1-11(2)5-3-9(4-6-11)10(13)12-7-8-12/h9H,3-8H2,1-2H3. The Morgan fingerprint density at radius 1 is 1.23 bits per heavy atom. The Balaban J connectivity index is 1.86. The Kier molecular flexibility index (Phi) is 2.09. The minimum Gasteiger partial charge on any atom is -0.339 e. The van der Waals surface area contributed by atoms with Crippen LogP contribution >= 0.6 is 0 Å². The molecular weight excluding hydrogens is 162 g/mol. The van der Waals surface area contributed by atoms with E-state index in [1.54, 1.807) is 0 Å². The summed E-state index contributed by atoms with van der Waals surface area (Å²) in [6.45, 7) is 6.65. The smallest absolute Gasteiger partial charge is 0.225 e. The SMILES string of the molecule is CC1(C)CCC(C(=O)N2CC2)CC1. The van der Waals surface area contributed by atoms with Crippen molar-refractivity contribution in [3.05, 3.63) is 0 Å². The summed E-state index contributed by atoms with van der Waals surface area (Å²) in [5.74, 6) is 0.783. The van der Waals surface area contributed by atoms with Crippen LogP contribution in [0.4, 0.5) is 0 Å². The van der Waals surface area contributed by atoms with Gasteiger partial charge in [0.25, 0.3) is 0 Å². The normalized spacial score (nSPS) is 27.4. The highest BCUT2D eigenvalue weighted by molar-refractivity contribution is 5.80. The van der Waals surface area contributed by atoms with Gasteiger partial charge >= 0.3 is 0 Å². The Hall–Kier alpha value is -0.530. The lowest BCUT2D eigenvalue weighted by molar-refractivity contribution is -0.131. The molecule has 0 aromatic carbocycles. The summed E-state index contributed by atoms with van der Waals surface area (Å²) in [4.78, 5) is 13.7. The van der Waals surface area contributed by atoms with E-state index in [1.807, 2.05) is 4.90 Å². The summed E-state index contributed by atoms with van der Waals surface area (Å²) < 4.78 is 0. The van der Waals surface area contributed by atoms with Crippen LogP contribution in [-0.4, -0.2) is 23.9 Å². The van der Waals surface area contributed by atoms with Gasteiger partial charge in [-0.05, 0) is 31.1 Å². The molecule has 1 saturated carbocycles. The molecule has 0 unspecified atom stereocenters. The van der Waals surface area contributed by atoms with Crippen molar-refractivity contribution < 1.29 is 4.79 Å². The lowest BCUT2D eigenvalue weighted by Gasteiger charge is -2.33. The van der Waals surface area contributed by atoms with Crippen LogP contribution in [0.15, 0.2) is 0 Å². The van der Waals surface area contributed by atoms with Crippen LogP contribution in [-0.2, 0) is 4.79 Å². The zero-order chi connectivity index (χ0) is 9.47.